The van der Waals surface area contributed by atoms with E-state index in [-0.39, 0.29) is 16.5 Å². The van der Waals surface area contributed by atoms with Crippen LogP contribution < -0.4 is 31.8 Å². The molecule has 0 saturated heterocycles. The molecule has 262 valence electrons. The van der Waals surface area contributed by atoms with Crippen molar-refractivity contribution in [1.29, 1.82) is 0 Å². The molecule has 0 heterocycles. The van der Waals surface area contributed by atoms with Crippen molar-refractivity contribution in [2.24, 2.45) is 0 Å². The van der Waals surface area contributed by atoms with Crippen LogP contribution in [-0.4, -0.2) is 0 Å². The first-order valence-electron chi connectivity index (χ1n) is 17.5. The van der Waals surface area contributed by atoms with Gasteiger partial charge in [-0.25, -0.2) is 0 Å². The monoisotopic (exact) mass is 762 g/mol. The number of hydrogen-bond donors (Lipinski definition) is 0. The van der Waals surface area contributed by atoms with Gasteiger partial charge in [-0.2, -0.15) is 0 Å². The number of rotatable bonds is 8. The van der Waals surface area contributed by atoms with E-state index in [4.69, 9.17) is 0 Å². The molecular formula is C50H42NiP2. The Balaban J connectivity index is 0.000000154. The Morgan fingerprint density at radius 2 is 0.358 bits per heavy atom. The summed E-state index contributed by atoms with van der Waals surface area (Å²) in [6.07, 6.45) is 4.24. The molecule has 0 nitrogen and oxygen atoms in total. The zero-order chi connectivity index (χ0) is 35.5. The summed E-state index contributed by atoms with van der Waals surface area (Å²) < 4.78 is 0. The third-order valence-corrected chi connectivity index (χ3v) is 13.0. The van der Waals surface area contributed by atoms with Crippen molar-refractivity contribution in [3.05, 3.63) is 254 Å². The number of hydrogen-bond acceptors (Lipinski definition) is 0. The molecule has 0 N–H and O–H groups in total. The molecule has 0 aliphatic carbocycles. The Morgan fingerprint density at radius 1 is 0.208 bits per heavy atom. The topological polar surface area (TPSA) is 0 Å². The van der Waals surface area contributed by atoms with Gasteiger partial charge < -0.3 is 0 Å². The van der Waals surface area contributed by atoms with Crippen LogP contribution in [0.25, 0.3) is 12.2 Å². The van der Waals surface area contributed by atoms with Crippen molar-refractivity contribution in [1.82, 2.24) is 0 Å². The molecule has 8 aromatic carbocycles. The number of benzene rings is 8. The average Bonchev–Trinajstić information content (AvgIpc) is 3.24. The summed E-state index contributed by atoms with van der Waals surface area (Å²) in [6.45, 7) is 0. The van der Waals surface area contributed by atoms with Gasteiger partial charge in [-0.3, -0.25) is 0 Å². The summed E-state index contributed by atoms with van der Waals surface area (Å²) in [5.41, 5.74) is 2.47. The molecular weight excluding hydrogens is 721 g/mol. The van der Waals surface area contributed by atoms with Crippen LogP contribution in [0.5, 0.6) is 0 Å². The van der Waals surface area contributed by atoms with Crippen molar-refractivity contribution in [3.8, 4) is 0 Å². The molecule has 0 radical (unpaired) electrons. The molecule has 0 saturated carbocycles. The molecule has 0 amide bonds. The van der Waals surface area contributed by atoms with Crippen LogP contribution in [-0.2, 0) is 16.5 Å². The van der Waals surface area contributed by atoms with Crippen molar-refractivity contribution in [3.63, 3.8) is 0 Å². The normalized spacial score (nSPS) is 10.4. The van der Waals surface area contributed by atoms with Gasteiger partial charge in [-0.05, 0) is 58.8 Å². The average molecular weight is 764 g/mol. The molecule has 0 fully saturated rings. The molecule has 0 unspecified atom stereocenters. The predicted octanol–water partition coefficient (Wildman–Crippen LogP) is 10.7. The molecule has 0 aliphatic heterocycles. The van der Waals surface area contributed by atoms with Crippen LogP contribution in [0, 0.1) is 0 Å². The first-order valence-corrected chi connectivity index (χ1v) is 20.2. The molecule has 0 atom stereocenters. The summed E-state index contributed by atoms with van der Waals surface area (Å²) in [6, 6.07) is 85.3. The van der Waals surface area contributed by atoms with Crippen molar-refractivity contribution in [2.45, 2.75) is 0 Å². The summed E-state index contributed by atoms with van der Waals surface area (Å²) in [5, 5.41) is 8.39. The van der Waals surface area contributed by atoms with E-state index in [0.29, 0.717) is 0 Å². The van der Waals surface area contributed by atoms with E-state index >= 15 is 0 Å². The van der Waals surface area contributed by atoms with Crippen molar-refractivity contribution < 1.29 is 16.5 Å². The quantitative estimate of drug-likeness (QED) is 0.0822. The molecule has 0 aromatic heterocycles. The Kier molecular flexibility index (Phi) is 16.2. The molecule has 3 heteroatoms. The fourth-order valence-corrected chi connectivity index (χ4v) is 10.3. The summed E-state index contributed by atoms with van der Waals surface area (Å²) in [4.78, 5) is 0. The van der Waals surface area contributed by atoms with Gasteiger partial charge in [-0.1, -0.05) is 255 Å². The maximum atomic E-state index is 2.23. The van der Waals surface area contributed by atoms with Crippen LogP contribution in [0.1, 0.15) is 11.1 Å². The summed E-state index contributed by atoms with van der Waals surface area (Å²) in [7, 11) is -0.892. The van der Waals surface area contributed by atoms with Crippen LogP contribution in [0.4, 0.5) is 0 Å². The van der Waals surface area contributed by atoms with Gasteiger partial charge in [0.25, 0.3) is 0 Å². The molecule has 0 spiro atoms. The first-order chi connectivity index (χ1) is 25.8. The Hall–Kier alpha value is -5.15. The van der Waals surface area contributed by atoms with E-state index in [1.165, 1.54) is 43.0 Å². The maximum absolute atomic E-state index is 2.23. The molecule has 0 bridgehead atoms. The van der Waals surface area contributed by atoms with Crippen LogP contribution in [0.15, 0.2) is 243 Å². The van der Waals surface area contributed by atoms with Gasteiger partial charge in [0.15, 0.2) is 0 Å². The summed E-state index contributed by atoms with van der Waals surface area (Å²) >= 11 is 0. The second-order valence-electron chi connectivity index (χ2n) is 11.8. The molecule has 0 aliphatic rings. The minimum atomic E-state index is -0.446. The SMILES string of the molecule is C(=C\c1ccccc1)/c1ccccc1.[Ni].c1ccc(P(c2ccccc2)c2ccccc2)cc1.c1ccc(P(c2ccccc2)c2ccccc2)cc1. The van der Waals surface area contributed by atoms with Gasteiger partial charge in [0.05, 0.1) is 0 Å². The smallest absolute Gasteiger partial charge is 0 e. The first kappa shape index (κ1) is 39.1. The van der Waals surface area contributed by atoms with Gasteiger partial charge in [-0.15, -0.1) is 0 Å². The third-order valence-electron chi connectivity index (χ3n) is 8.15. The second-order valence-corrected chi connectivity index (χ2v) is 16.3. The van der Waals surface area contributed by atoms with Crippen molar-refractivity contribution >= 4 is 59.8 Å². The third kappa shape index (κ3) is 12.2. The van der Waals surface area contributed by atoms with E-state index in [0.717, 1.165) is 0 Å². The molecule has 8 aromatic rings. The second kappa shape index (κ2) is 22.0. The van der Waals surface area contributed by atoms with Crippen LogP contribution in [0.2, 0.25) is 0 Å². The van der Waals surface area contributed by atoms with E-state index in [1.807, 2.05) is 36.4 Å². The predicted molar refractivity (Wildman–Crippen MR) is 232 cm³/mol. The van der Waals surface area contributed by atoms with E-state index in [1.54, 1.807) is 0 Å². The molecule has 8 rings (SSSR count). The Bertz CT molecular complexity index is 1800. The van der Waals surface area contributed by atoms with E-state index in [9.17, 15) is 0 Å². The zero-order valence-electron chi connectivity index (χ0n) is 29.5. The largest absolute Gasteiger partial charge is 0.0622 e. The van der Waals surface area contributed by atoms with Gasteiger partial charge in [0.1, 0.15) is 0 Å². The van der Waals surface area contributed by atoms with Gasteiger partial charge >= 0.3 is 0 Å². The maximum Gasteiger partial charge on any atom is 0 e. The Labute approximate surface area is 328 Å². The van der Waals surface area contributed by atoms with Crippen molar-refractivity contribution in [2.75, 3.05) is 0 Å². The fourth-order valence-electron chi connectivity index (χ4n) is 5.68. The Morgan fingerprint density at radius 3 is 0.528 bits per heavy atom. The van der Waals surface area contributed by atoms with Crippen LogP contribution >= 0.6 is 15.8 Å². The molecule has 53 heavy (non-hydrogen) atoms. The van der Waals surface area contributed by atoms with Gasteiger partial charge in [0.2, 0.25) is 0 Å². The van der Waals surface area contributed by atoms with Gasteiger partial charge in [0, 0.05) is 16.5 Å². The zero-order valence-corrected chi connectivity index (χ0v) is 32.2. The minimum Gasteiger partial charge on any atom is -0.0622 e. The van der Waals surface area contributed by atoms with E-state index < -0.39 is 15.8 Å². The fraction of sp³-hybridized carbons (Fsp3) is 0. The minimum absolute atomic E-state index is 0. The van der Waals surface area contributed by atoms with E-state index in [2.05, 4.69) is 218 Å². The van der Waals surface area contributed by atoms with Crippen LogP contribution in [0.3, 0.4) is 0 Å². The summed E-state index contributed by atoms with van der Waals surface area (Å²) in [5.74, 6) is 0. The standard InChI is InChI=1S/2C18H15P.C14H12.Ni/c2*1-4-10-16(11-5-1)19(17-12-6-2-7-13-17)18-14-8-3-9-15-18;1-3-7-13(8-4-1)11-12-14-9-5-2-6-10-14;/h2*1-15H;1-12H;/b;;12-11+;.